The van der Waals surface area contributed by atoms with E-state index >= 15 is 0 Å². The molecule has 2 rings (SSSR count). The molecule has 1 unspecified atom stereocenters. The second-order valence-electron chi connectivity index (χ2n) is 4.23. The fraction of sp³-hybridized carbons (Fsp3) is 0.357. The van der Waals surface area contributed by atoms with Gasteiger partial charge in [-0.3, -0.25) is 4.68 Å². The smallest absolute Gasteiger partial charge is 0.0587 e. The van der Waals surface area contributed by atoms with Crippen molar-refractivity contribution in [3.05, 3.63) is 46.7 Å². The summed E-state index contributed by atoms with van der Waals surface area (Å²) in [6, 6.07) is 10.7. The van der Waals surface area contributed by atoms with Crippen LogP contribution in [0.1, 0.15) is 18.7 Å². The zero-order chi connectivity index (χ0) is 13.7. The Labute approximate surface area is 126 Å². The highest BCUT2D eigenvalue weighted by atomic mass is 79.9. The normalized spacial score (nSPS) is 12.6. The summed E-state index contributed by atoms with van der Waals surface area (Å²) in [5.74, 6) is 0.982. The second kappa shape index (κ2) is 7.12. The minimum atomic E-state index is 0.314. The molecule has 3 nitrogen and oxygen atoms in total. The van der Waals surface area contributed by atoms with E-state index in [1.165, 1.54) is 10.6 Å². The molecule has 0 amide bonds. The van der Waals surface area contributed by atoms with Crippen LogP contribution < -0.4 is 5.32 Å². The third-order valence-corrected chi connectivity index (χ3v) is 5.03. The molecule has 0 saturated heterocycles. The van der Waals surface area contributed by atoms with E-state index in [9.17, 15) is 0 Å². The van der Waals surface area contributed by atoms with Crippen molar-refractivity contribution < 1.29 is 0 Å². The number of benzene rings is 1. The summed E-state index contributed by atoms with van der Waals surface area (Å²) in [5, 5.41) is 7.77. The number of rotatable bonds is 6. The van der Waals surface area contributed by atoms with Gasteiger partial charge in [0.15, 0.2) is 0 Å². The lowest BCUT2D eigenvalue weighted by Crippen LogP contribution is -2.25. The first-order chi connectivity index (χ1) is 9.22. The molecule has 0 fully saturated rings. The molecule has 1 N–H and O–H groups in total. The number of hydrogen-bond acceptors (Lipinski definition) is 3. The molecule has 1 atom stereocenters. The number of hydrogen-bond donors (Lipinski definition) is 1. The molecule has 0 radical (unpaired) electrons. The molecule has 1 aromatic carbocycles. The van der Waals surface area contributed by atoms with Crippen LogP contribution in [0.2, 0.25) is 0 Å². The van der Waals surface area contributed by atoms with E-state index in [-0.39, 0.29) is 0 Å². The molecule has 2 aromatic rings. The monoisotopic (exact) mass is 339 g/mol. The molecule has 19 heavy (non-hydrogen) atoms. The van der Waals surface area contributed by atoms with Crippen LogP contribution >= 0.6 is 27.7 Å². The maximum Gasteiger partial charge on any atom is 0.0587 e. The van der Waals surface area contributed by atoms with Crippen LogP contribution in [0.3, 0.4) is 0 Å². The Morgan fingerprint density at radius 2 is 2.16 bits per heavy atom. The van der Waals surface area contributed by atoms with E-state index in [0.29, 0.717) is 6.04 Å². The third kappa shape index (κ3) is 3.84. The summed E-state index contributed by atoms with van der Waals surface area (Å²) in [5.41, 5.74) is 1.22. The lowest BCUT2D eigenvalue weighted by molar-refractivity contribution is 0.552. The zero-order valence-electron chi connectivity index (χ0n) is 11.1. The fourth-order valence-corrected chi connectivity index (χ4v) is 3.60. The first kappa shape index (κ1) is 14.6. The van der Waals surface area contributed by atoms with Gasteiger partial charge in [0.05, 0.1) is 11.7 Å². The Balaban J connectivity index is 2.06. The molecule has 0 bridgehead atoms. The first-order valence-electron chi connectivity index (χ1n) is 6.31. The number of aromatic nitrogens is 2. The lowest BCUT2D eigenvalue weighted by Gasteiger charge is -2.18. The SMILES string of the molecule is CCNC(CSc1ccccc1Br)c1ccnn1C. The van der Waals surface area contributed by atoms with Gasteiger partial charge in [-0.25, -0.2) is 0 Å². The molecule has 0 saturated carbocycles. The van der Waals surface area contributed by atoms with Gasteiger partial charge < -0.3 is 5.32 Å². The van der Waals surface area contributed by atoms with Crippen molar-refractivity contribution in [2.75, 3.05) is 12.3 Å². The van der Waals surface area contributed by atoms with Crippen molar-refractivity contribution in [3.63, 3.8) is 0 Å². The van der Waals surface area contributed by atoms with Gasteiger partial charge >= 0.3 is 0 Å². The fourth-order valence-electron chi connectivity index (χ4n) is 1.96. The molecule has 1 heterocycles. The predicted octanol–water partition coefficient (Wildman–Crippen LogP) is 3.63. The van der Waals surface area contributed by atoms with Crippen molar-refractivity contribution in [2.24, 2.45) is 7.05 Å². The standard InChI is InChI=1S/C14H18BrN3S/c1-3-16-12(13-8-9-17-18(13)2)10-19-14-7-5-4-6-11(14)15/h4-9,12,16H,3,10H2,1-2H3. The average Bonchev–Trinajstić information content (AvgIpc) is 2.82. The highest BCUT2D eigenvalue weighted by molar-refractivity contribution is 9.10. The summed E-state index contributed by atoms with van der Waals surface area (Å²) >= 11 is 5.44. The van der Waals surface area contributed by atoms with Gasteiger partial charge in [-0.2, -0.15) is 5.10 Å². The van der Waals surface area contributed by atoms with Crippen molar-refractivity contribution in [1.29, 1.82) is 0 Å². The maximum atomic E-state index is 4.25. The number of halogens is 1. The molecular weight excluding hydrogens is 322 g/mol. The van der Waals surface area contributed by atoms with Crippen LogP contribution in [0.4, 0.5) is 0 Å². The van der Waals surface area contributed by atoms with Gasteiger partial charge in [0.2, 0.25) is 0 Å². The minimum absolute atomic E-state index is 0.314. The molecule has 0 aliphatic heterocycles. The maximum absolute atomic E-state index is 4.25. The molecule has 5 heteroatoms. The van der Waals surface area contributed by atoms with E-state index in [1.54, 1.807) is 0 Å². The van der Waals surface area contributed by atoms with Gasteiger partial charge in [-0.1, -0.05) is 19.1 Å². The number of nitrogens with one attached hydrogen (secondary N) is 1. The van der Waals surface area contributed by atoms with Gasteiger partial charge in [0.25, 0.3) is 0 Å². The van der Waals surface area contributed by atoms with E-state index in [2.05, 4.69) is 57.5 Å². The minimum Gasteiger partial charge on any atom is -0.308 e. The van der Waals surface area contributed by atoms with Gasteiger partial charge in [0.1, 0.15) is 0 Å². The summed E-state index contributed by atoms with van der Waals surface area (Å²) in [6.07, 6.45) is 1.85. The molecular formula is C14H18BrN3S. The van der Waals surface area contributed by atoms with E-state index in [4.69, 9.17) is 0 Å². The Bertz CT molecular complexity index is 527. The summed E-state index contributed by atoms with van der Waals surface area (Å²) in [6.45, 7) is 3.08. The Kier molecular flexibility index (Phi) is 5.48. The molecule has 102 valence electrons. The number of thioether (sulfide) groups is 1. The second-order valence-corrected chi connectivity index (χ2v) is 6.15. The summed E-state index contributed by atoms with van der Waals surface area (Å²) < 4.78 is 3.09. The predicted molar refractivity (Wildman–Crippen MR) is 84.5 cm³/mol. The number of nitrogens with zero attached hydrogens (tertiary/aromatic N) is 2. The largest absolute Gasteiger partial charge is 0.308 e. The molecule has 0 spiro atoms. The van der Waals surface area contributed by atoms with Crippen molar-refractivity contribution >= 4 is 27.7 Å². The van der Waals surface area contributed by atoms with E-state index in [0.717, 1.165) is 16.8 Å². The van der Waals surface area contributed by atoms with Gasteiger partial charge in [-0.15, -0.1) is 11.8 Å². The van der Waals surface area contributed by atoms with Gasteiger partial charge in [-0.05, 0) is 40.7 Å². The quantitative estimate of drug-likeness (QED) is 0.815. The van der Waals surface area contributed by atoms with Crippen LogP contribution in [0.5, 0.6) is 0 Å². The zero-order valence-corrected chi connectivity index (χ0v) is 13.5. The molecule has 0 aliphatic rings. The summed E-state index contributed by atoms with van der Waals surface area (Å²) in [7, 11) is 1.99. The van der Waals surface area contributed by atoms with Crippen molar-refractivity contribution in [2.45, 2.75) is 17.9 Å². The molecule has 0 aliphatic carbocycles. The van der Waals surface area contributed by atoms with E-state index < -0.39 is 0 Å². The molecule has 1 aromatic heterocycles. The lowest BCUT2D eigenvalue weighted by atomic mass is 10.2. The highest BCUT2D eigenvalue weighted by Gasteiger charge is 2.14. The van der Waals surface area contributed by atoms with E-state index in [1.807, 2.05) is 35.8 Å². The van der Waals surface area contributed by atoms with Crippen LogP contribution in [0.25, 0.3) is 0 Å². The van der Waals surface area contributed by atoms with Crippen LogP contribution in [-0.2, 0) is 7.05 Å². The van der Waals surface area contributed by atoms with Crippen LogP contribution in [0, 0.1) is 0 Å². The number of aryl methyl sites for hydroxylation is 1. The average molecular weight is 340 g/mol. The topological polar surface area (TPSA) is 29.9 Å². The van der Waals surface area contributed by atoms with Crippen molar-refractivity contribution in [1.82, 2.24) is 15.1 Å². The Morgan fingerprint density at radius 3 is 2.79 bits per heavy atom. The Morgan fingerprint density at radius 1 is 1.37 bits per heavy atom. The first-order valence-corrected chi connectivity index (χ1v) is 8.09. The van der Waals surface area contributed by atoms with Crippen molar-refractivity contribution in [3.8, 4) is 0 Å². The van der Waals surface area contributed by atoms with Gasteiger partial charge in [0, 0.05) is 28.4 Å². The third-order valence-electron chi connectivity index (χ3n) is 2.91. The Hall–Kier alpha value is -0.780. The van der Waals surface area contributed by atoms with Crippen LogP contribution in [0.15, 0.2) is 45.9 Å². The summed E-state index contributed by atoms with van der Waals surface area (Å²) in [4.78, 5) is 1.27. The van der Waals surface area contributed by atoms with Crippen LogP contribution in [-0.4, -0.2) is 22.1 Å². The highest BCUT2D eigenvalue weighted by Crippen LogP contribution is 2.30.